The summed E-state index contributed by atoms with van der Waals surface area (Å²) in [5.74, 6) is -0.697. The number of hydrogen-bond donors (Lipinski definition) is 1. The van der Waals surface area contributed by atoms with Gasteiger partial charge in [-0.25, -0.2) is 13.1 Å². The molecule has 0 fully saturated rings. The minimum absolute atomic E-state index is 0.250. The van der Waals surface area contributed by atoms with E-state index in [1.807, 2.05) is 11.6 Å². The van der Waals surface area contributed by atoms with Crippen molar-refractivity contribution in [1.82, 2.24) is 9.71 Å². The average molecular weight is 381 g/mol. The Balaban J connectivity index is 2.14. The molecule has 22 heavy (non-hydrogen) atoms. The Hall–Kier alpha value is -1.99. The van der Waals surface area contributed by atoms with Crippen molar-refractivity contribution in [3.63, 3.8) is 0 Å². The van der Waals surface area contributed by atoms with Gasteiger partial charge in [0.15, 0.2) is 0 Å². The molecule has 0 aliphatic heterocycles. The summed E-state index contributed by atoms with van der Waals surface area (Å²) in [6.45, 7) is 1.87. The van der Waals surface area contributed by atoms with E-state index in [4.69, 9.17) is 0 Å². The number of amides is 1. The maximum Gasteiger partial charge on any atom is 0.266 e. The molecule has 0 saturated carbocycles. The van der Waals surface area contributed by atoms with Crippen molar-refractivity contribution in [3.8, 4) is 0 Å². The van der Waals surface area contributed by atoms with Crippen LogP contribution in [0, 0.1) is 6.92 Å². The van der Waals surface area contributed by atoms with E-state index in [9.17, 15) is 13.2 Å². The van der Waals surface area contributed by atoms with Crippen LogP contribution < -0.4 is 4.72 Å². The molecule has 0 radical (unpaired) electrons. The van der Waals surface area contributed by atoms with E-state index in [0.29, 0.717) is 10.2 Å². The largest absolute Gasteiger partial charge is 0.268 e. The van der Waals surface area contributed by atoms with Crippen LogP contribution in [0.4, 0.5) is 0 Å². The number of rotatable bonds is 4. The third-order valence-electron chi connectivity index (χ3n) is 2.71. The van der Waals surface area contributed by atoms with Gasteiger partial charge in [0.25, 0.3) is 15.9 Å². The first-order valence-corrected chi connectivity index (χ1v) is 8.64. The highest BCUT2D eigenvalue weighted by molar-refractivity contribution is 9.10. The molecule has 5 nitrogen and oxygen atoms in total. The smallest absolute Gasteiger partial charge is 0.266 e. The summed E-state index contributed by atoms with van der Waals surface area (Å²) in [6, 6.07) is 10.2. The van der Waals surface area contributed by atoms with E-state index < -0.39 is 15.9 Å². The number of nitrogens with zero attached hydrogens (tertiary/aromatic N) is 1. The van der Waals surface area contributed by atoms with Crippen LogP contribution >= 0.6 is 15.9 Å². The first-order chi connectivity index (χ1) is 10.4. The lowest BCUT2D eigenvalue weighted by Crippen LogP contribution is -2.29. The monoisotopic (exact) mass is 380 g/mol. The molecule has 1 amide bonds. The van der Waals surface area contributed by atoms with E-state index in [-0.39, 0.29) is 5.56 Å². The molecule has 1 aromatic carbocycles. The van der Waals surface area contributed by atoms with Crippen molar-refractivity contribution in [2.24, 2.45) is 0 Å². The second-order valence-corrected chi connectivity index (χ2v) is 6.94. The number of benzene rings is 1. The van der Waals surface area contributed by atoms with Crippen LogP contribution in [0.2, 0.25) is 0 Å². The number of nitrogens with one attached hydrogen (secondary N) is 1. The fourth-order valence-corrected chi connectivity index (χ4v) is 3.08. The molecule has 0 atom stereocenters. The number of pyridine rings is 1. The van der Waals surface area contributed by atoms with E-state index in [1.54, 1.807) is 42.6 Å². The second-order valence-electron chi connectivity index (χ2n) is 4.52. The predicted octanol–water partition coefficient (Wildman–Crippen LogP) is 2.88. The molecule has 1 heterocycles. The van der Waals surface area contributed by atoms with E-state index in [1.165, 1.54) is 6.08 Å². The molecule has 0 aliphatic rings. The van der Waals surface area contributed by atoms with Gasteiger partial charge in [0.05, 0.1) is 16.7 Å². The molecule has 1 N–H and O–H groups in total. The van der Waals surface area contributed by atoms with Crippen molar-refractivity contribution >= 4 is 37.9 Å². The molecule has 0 saturated heterocycles. The molecule has 7 heteroatoms. The Morgan fingerprint density at radius 2 is 2.05 bits per heavy atom. The summed E-state index contributed by atoms with van der Waals surface area (Å²) in [5.41, 5.74) is 1.69. The van der Waals surface area contributed by atoms with Crippen LogP contribution in [0.15, 0.2) is 52.5 Å². The zero-order valence-corrected chi connectivity index (χ0v) is 14.1. The van der Waals surface area contributed by atoms with Crippen LogP contribution in [-0.2, 0) is 10.0 Å². The van der Waals surface area contributed by atoms with E-state index in [0.717, 1.165) is 11.0 Å². The highest BCUT2D eigenvalue weighted by atomic mass is 79.9. The van der Waals surface area contributed by atoms with Gasteiger partial charge in [0, 0.05) is 10.7 Å². The lowest BCUT2D eigenvalue weighted by atomic mass is 10.1. The number of carbonyl (C=O) groups excluding carboxylic acids is 1. The van der Waals surface area contributed by atoms with Crippen molar-refractivity contribution < 1.29 is 13.2 Å². The number of aromatic nitrogens is 1. The third kappa shape index (κ3) is 4.51. The Kier molecular flexibility index (Phi) is 5.10. The van der Waals surface area contributed by atoms with Gasteiger partial charge in [-0.15, -0.1) is 0 Å². The molecule has 0 spiro atoms. The summed E-state index contributed by atoms with van der Waals surface area (Å²) >= 11 is 3.25. The number of halogens is 1. The normalized spacial score (nSPS) is 11.5. The molecule has 2 aromatic rings. The van der Waals surface area contributed by atoms with Gasteiger partial charge in [-0.05, 0) is 58.8 Å². The van der Waals surface area contributed by atoms with Crippen LogP contribution in [0.1, 0.15) is 21.6 Å². The van der Waals surface area contributed by atoms with Crippen molar-refractivity contribution in [3.05, 3.63) is 69.3 Å². The Morgan fingerprint density at radius 3 is 2.68 bits per heavy atom. The fourth-order valence-electron chi connectivity index (χ4n) is 1.66. The quantitative estimate of drug-likeness (QED) is 0.884. The second kappa shape index (κ2) is 6.85. The first-order valence-electron chi connectivity index (χ1n) is 6.30. The van der Waals surface area contributed by atoms with Crippen LogP contribution in [0.5, 0.6) is 0 Å². The van der Waals surface area contributed by atoms with Gasteiger partial charge < -0.3 is 0 Å². The van der Waals surface area contributed by atoms with E-state index >= 15 is 0 Å². The van der Waals surface area contributed by atoms with Gasteiger partial charge >= 0.3 is 0 Å². The fraction of sp³-hybridized carbons (Fsp3) is 0.0667. The summed E-state index contributed by atoms with van der Waals surface area (Å²) in [6.07, 6.45) is 2.87. The predicted molar refractivity (Wildman–Crippen MR) is 88.5 cm³/mol. The number of sulfonamides is 1. The zero-order chi connectivity index (χ0) is 16.2. The first kappa shape index (κ1) is 16.4. The maximum absolute atomic E-state index is 12.0. The third-order valence-corrected chi connectivity index (χ3v) is 4.33. The summed E-state index contributed by atoms with van der Waals surface area (Å²) in [5, 5.41) is 0.912. The topological polar surface area (TPSA) is 76.1 Å². The SMILES string of the molecule is Cc1ccc(C(=O)NS(=O)(=O)C=Cc2ccccn2)c(Br)c1. The lowest BCUT2D eigenvalue weighted by molar-refractivity contribution is 0.0981. The van der Waals surface area contributed by atoms with Crippen LogP contribution in [0.3, 0.4) is 0 Å². The van der Waals surface area contributed by atoms with Gasteiger partial charge in [0.1, 0.15) is 0 Å². The van der Waals surface area contributed by atoms with Gasteiger partial charge in [-0.3, -0.25) is 9.78 Å². The Labute approximate surface area is 137 Å². The summed E-state index contributed by atoms with van der Waals surface area (Å²) in [7, 11) is -3.89. The molecule has 0 aliphatic carbocycles. The van der Waals surface area contributed by atoms with Crippen molar-refractivity contribution in [2.45, 2.75) is 6.92 Å². The Morgan fingerprint density at radius 1 is 1.27 bits per heavy atom. The highest BCUT2D eigenvalue weighted by Crippen LogP contribution is 2.18. The lowest BCUT2D eigenvalue weighted by Gasteiger charge is -2.06. The molecule has 0 bridgehead atoms. The van der Waals surface area contributed by atoms with Gasteiger partial charge in [-0.1, -0.05) is 12.1 Å². The minimum Gasteiger partial charge on any atom is -0.268 e. The summed E-state index contributed by atoms with van der Waals surface area (Å²) in [4.78, 5) is 16.0. The van der Waals surface area contributed by atoms with Gasteiger partial charge in [0.2, 0.25) is 0 Å². The molecular weight excluding hydrogens is 368 g/mol. The van der Waals surface area contributed by atoms with Crippen molar-refractivity contribution in [2.75, 3.05) is 0 Å². The van der Waals surface area contributed by atoms with Crippen LogP contribution in [0.25, 0.3) is 6.08 Å². The van der Waals surface area contributed by atoms with E-state index in [2.05, 4.69) is 20.9 Å². The Bertz CT molecular complexity index is 818. The number of carbonyl (C=O) groups is 1. The standard InChI is InChI=1S/C15H13BrN2O3S/c1-11-5-6-13(14(16)10-11)15(19)18-22(20,21)9-7-12-4-2-3-8-17-12/h2-10H,1H3,(H,18,19). The number of aryl methyl sites for hydroxylation is 1. The molecule has 2 rings (SSSR count). The maximum atomic E-state index is 12.0. The number of hydrogen-bond acceptors (Lipinski definition) is 4. The summed E-state index contributed by atoms with van der Waals surface area (Å²) < 4.78 is 26.3. The minimum atomic E-state index is -3.89. The molecule has 114 valence electrons. The van der Waals surface area contributed by atoms with Gasteiger partial charge in [-0.2, -0.15) is 0 Å². The average Bonchev–Trinajstić information content (AvgIpc) is 2.45. The molecule has 0 unspecified atom stereocenters. The zero-order valence-electron chi connectivity index (χ0n) is 11.7. The highest BCUT2D eigenvalue weighted by Gasteiger charge is 2.15. The van der Waals surface area contributed by atoms with Crippen molar-refractivity contribution in [1.29, 1.82) is 0 Å². The molecule has 1 aromatic heterocycles. The van der Waals surface area contributed by atoms with Crippen LogP contribution in [-0.4, -0.2) is 19.3 Å². The molecular formula is C15H13BrN2O3S.